The molecule has 0 spiro atoms. The summed E-state index contributed by atoms with van der Waals surface area (Å²) in [5.41, 5.74) is -2.17. The number of hydrogen-bond acceptors (Lipinski definition) is 3. The molecule has 1 aromatic heterocycles. The fraction of sp³-hybridized carbons (Fsp3) is 0.167. The Kier molecular flexibility index (Phi) is 2.94. The van der Waals surface area contributed by atoms with Gasteiger partial charge in [0.25, 0.3) is 0 Å². The Balaban J connectivity index is 2.86. The fourth-order valence-electron chi connectivity index (χ4n) is 1.55. The van der Waals surface area contributed by atoms with Gasteiger partial charge in [-0.2, -0.15) is 13.2 Å². The van der Waals surface area contributed by atoms with E-state index in [1.807, 2.05) is 0 Å². The third-order valence-electron chi connectivity index (χ3n) is 2.29. The molecule has 1 heterocycles. The first-order chi connectivity index (χ1) is 8.43. The number of nitrogens with zero attached hydrogens (tertiary/aromatic N) is 1. The van der Waals surface area contributed by atoms with Gasteiger partial charge in [0, 0.05) is 0 Å². The van der Waals surface area contributed by atoms with E-state index >= 15 is 0 Å². The Morgan fingerprint density at radius 3 is 2.67 bits per heavy atom. The predicted octanol–water partition coefficient (Wildman–Crippen LogP) is 3.24. The number of rotatable bonds is 1. The zero-order valence-electron chi connectivity index (χ0n) is 9.28. The fourth-order valence-corrected chi connectivity index (χ4v) is 1.55. The molecule has 18 heavy (non-hydrogen) atoms. The zero-order chi connectivity index (χ0) is 13.3. The van der Waals surface area contributed by atoms with Crippen LogP contribution in [-0.4, -0.2) is 4.98 Å². The first-order valence-corrected chi connectivity index (χ1v) is 5.07. The number of fused-ring (bicyclic) bond motifs is 1. The molecule has 0 aliphatic heterocycles. The van der Waals surface area contributed by atoms with Gasteiger partial charge in [0.1, 0.15) is 0 Å². The third kappa shape index (κ3) is 2.13. The van der Waals surface area contributed by atoms with E-state index < -0.39 is 22.9 Å². The number of alkyl halides is 3. The average Bonchev–Trinajstić information content (AvgIpc) is 2.27. The smallest absolute Gasteiger partial charge is 0.404 e. The standard InChI is InChI=1S/C12H8F3NO2/c1-2-4-9-16-10-7(11(17)18-9)5-3-6-8(10)12(13,14)15/h2-6H,1H3. The topological polar surface area (TPSA) is 43.1 Å². The van der Waals surface area contributed by atoms with E-state index in [1.165, 1.54) is 18.2 Å². The van der Waals surface area contributed by atoms with Gasteiger partial charge in [-0.05, 0) is 25.1 Å². The highest BCUT2D eigenvalue weighted by molar-refractivity contribution is 5.81. The minimum absolute atomic E-state index is 0.147. The molecule has 3 nitrogen and oxygen atoms in total. The number of allylic oxidation sites excluding steroid dienone is 1. The highest BCUT2D eigenvalue weighted by atomic mass is 19.4. The van der Waals surface area contributed by atoms with Crippen molar-refractivity contribution in [1.82, 2.24) is 4.98 Å². The summed E-state index contributed by atoms with van der Waals surface area (Å²) in [6, 6.07) is 3.29. The van der Waals surface area contributed by atoms with Crippen LogP contribution in [0.4, 0.5) is 13.2 Å². The van der Waals surface area contributed by atoms with Gasteiger partial charge in [-0.3, -0.25) is 0 Å². The Morgan fingerprint density at radius 2 is 2.06 bits per heavy atom. The SMILES string of the molecule is CC=Cc1nc2c(C(F)(F)F)cccc2c(=O)o1. The van der Waals surface area contributed by atoms with Gasteiger partial charge in [-0.25, -0.2) is 9.78 Å². The molecular formula is C12H8F3NO2. The van der Waals surface area contributed by atoms with Gasteiger partial charge in [0.2, 0.25) is 5.89 Å². The maximum Gasteiger partial charge on any atom is 0.418 e. The average molecular weight is 255 g/mol. The van der Waals surface area contributed by atoms with Crippen molar-refractivity contribution in [1.29, 1.82) is 0 Å². The second-order valence-electron chi connectivity index (χ2n) is 3.54. The van der Waals surface area contributed by atoms with E-state index in [0.29, 0.717) is 0 Å². The summed E-state index contributed by atoms with van der Waals surface area (Å²) >= 11 is 0. The Hall–Kier alpha value is -2.11. The molecule has 94 valence electrons. The summed E-state index contributed by atoms with van der Waals surface area (Å²) in [5.74, 6) is -0.147. The van der Waals surface area contributed by atoms with Crippen LogP contribution in [0.1, 0.15) is 18.4 Å². The van der Waals surface area contributed by atoms with Crippen molar-refractivity contribution in [2.75, 3.05) is 0 Å². The molecule has 0 amide bonds. The van der Waals surface area contributed by atoms with E-state index in [0.717, 1.165) is 12.1 Å². The van der Waals surface area contributed by atoms with Crippen LogP contribution < -0.4 is 5.63 Å². The summed E-state index contributed by atoms with van der Waals surface area (Å²) in [5, 5.41) is -0.182. The number of aromatic nitrogens is 1. The van der Waals surface area contributed by atoms with E-state index in [2.05, 4.69) is 4.98 Å². The number of para-hydroxylation sites is 1. The normalized spacial score (nSPS) is 12.4. The molecule has 0 radical (unpaired) electrons. The summed E-state index contributed by atoms with van der Waals surface area (Å²) < 4.78 is 43.1. The van der Waals surface area contributed by atoms with Crippen molar-refractivity contribution in [2.45, 2.75) is 13.1 Å². The van der Waals surface area contributed by atoms with E-state index in [9.17, 15) is 18.0 Å². The molecule has 0 fully saturated rings. The number of benzene rings is 1. The highest BCUT2D eigenvalue weighted by Crippen LogP contribution is 2.33. The van der Waals surface area contributed by atoms with Crippen LogP contribution in [0.5, 0.6) is 0 Å². The minimum atomic E-state index is -4.56. The summed E-state index contributed by atoms with van der Waals surface area (Å²) in [7, 11) is 0. The van der Waals surface area contributed by atoms with Crippen molar-refractivity contribution in [3.8, 4) is 0 Å². The highest BCUT2D eigenvalue weighted by Gasteiger charge is 2.33. The predicted molar refractivity (Wildman–Crippen MR) is 60.0 cm³/mol. The Labute approximate surface area is 99.6 Å². The van der Waals surface area contributed by atoms with Gasteiger partial charge in [0.05, 0.1) is 16.5 Å². The molecule has 0 N–H and O–H groups in total. The second-order valence-corrected chi connectivity index (χ2v) is 3.54. The minimum Gasteiger partial charge on any atom is -0.404 e. The van der Waals surface area contributed by atoms with Crippen molar-refractivity contribution < 1.29 is 17.6 Å². The number of hydrogen-bond donors (Lipinski definition) is 0. The maximum atomic E-state index is 12.8. The quantitative estimate of drug-likeness (QED) is 0.785. The van der Waals surface area contributed by atoms with Crippen LogP contribution in [-0.2, 0) is 6.18 Å². The van der Waals surface area contributed by atoms with Crippen LogP contribution >= 0.6 is 0 Å². The lowest BCUT2D eigenvalue weighted by molar-refractivity contribution is -0.136. The molecule has 2 rings (SSSR count). The van der Waals surface area contributed by atoms with Gasteiger partial charge in [0.15, 0.2) is 0 Å². The molecule has 0 unspecified atom stereocenters. The summed E-state index contributed by atoms with van der Waals surface area (Å²) in [6.45, 7) is 1.64. The Bertz CT molecular complexity index is 671. The van der Waals surface area contributed by atoms with E-state index in [-0.39, 0.29) is 11.3 Å². The molecule has 0 aliphatic carbocycles. The molecule has 2 aromatic rings. The first kappa shape index (κ1) is 12.3. The Morgan fingerprint density at radius 1 is 1.33 bits per heavy atom. The molecule has 0 saturated carbocycles. The van der Waals surface area contributed by atoms with Crippen LogP contribution in [0.15, 0.2) is 33.5 Å². The monoisotopic (exact) mass is 255 g/mol. The lowest BCUT2D eigenvalue weighted by Crippen LogP contribution is -2.11. The van der Waals surface area contributed by atoms with Crippen molar-refractivity contribution in [3.63, 3.8) is 0 Å². The zero-order valence-corrected chi connectivity index (χ0v) is 9.28. The third-order valence-corrected chi connectivity index (χ3v) is 2.29. The second kappa shape index (κ2) is 4.29. The summed E-state index contributed by atoms with van der Waals surface area (Å²) in [4.78, 5) is 15.3. The van der Waals surface area contributed by atoms with Gasteiger partial charge in [-0.1, -0.05) is 12.1 Å². The molecule has 0 bridgehead atoms. The lowest BCUT2D eigenvalue weighted by Gasteiger charge is -2.08. The molecule has 0 aliphatic rings. The van der Waals surface area contributed by atoms with Gasteiger partial charge in [-0.15, -0.1) is 0 Å². The molecule has 1 aromatic carbocycles. The lowest BCUT2D eigenvalue weighted by atomic mass is 10.1. The molecule has 0 atom stereocenters. The summed E-state index contributed by atoms with van der Waals surface area (Å²) in [6.07, 6.45) is -1.71. The molecule has 6 heteroatoms. The largest absolute Gasteiger partial charge is 0.418 e. The van der Waals surface area contributed by atoms with Crippen LogP contribution in [0.25, 0.3) is 17.0 Å². The molecule has 0 saturated heterocycles. The van der Waals surface area contributed by atoms with E-state index in [4.69, 9.17) is 4.42 Å². The van der Waals surface area contributed by atoms with Crippen LogP contribution in [0, 0.1) is 0 Å². The van der Waals surface area contributed by atoms with Crippen LogP contribution in [0.2, 0.25) is 0 Å². The maximum absolute atomic E-state index is 12.8. The molecular weight excluding hydrogens is 247 g/mol. The van der Waals surface area contributed by atoms with Gasteiger partial charge >= 0.3 is 11.8 Å². The van der Waals surface area contributed by atoms with Gasteiger partial charge < -0.3 is 4.42 Å². The first-order valence-electron chi connectivity index (χ1n) is 5.07. The van der Waals surface area contributed by atoms with Crippen molar-refractivity contribution in [3.05, 3.63) is 46.1 Å². The van der Waals surface area contributed by atoms with Crippen molar-refractivity contribution in [2.24, 2.45) is 0 Å². The van der Waals surface area contributed by atoms with Crippen molar-refractivity contribution >= 4 is 17.0 Å². The van der Waals surface area contributed by atoms with Crippen LogP contribution in [0.3, 0.4) is 0 Å². The number of halogens is 3. The van der Waals surface area contributed by atoms with E-state index in [1.54, 1.807) is 6.92 Å².